The molecule has 1 fully saturated rings. The molecule has 0 bridgehead atoms. The lowest BCUT2D eigenvalue weighted by molar-refractivity contribution is -0.0260. The quantitative estimate of drug-likeness (QED) is 0.890. The average Bonchev–Trinajstić information content (AvgIpc) is 2.39. The third-order valence-electron chi connectivity index (χ3n) is 4.10. The molecule has 1 aromatic rings. The molecule has 0 amide bonds. The van der Waals surface area contributed by atoms with Gasteiger partial charge in [0.25, 0.3) is 0 Å². The maximum absolute atomic E-state index is 14.0. The Bertz CT molecular complexity index is 409. The summed E-state index contributed by atoms with van der Waals surface area (Å²) in [6.45, 7) is 1.71. The van der Waals surface area contributed by atoms with Gasteiger partial charge in [0.2, 0.25) is 0 Å². The zero-order chi connectivity index (χ0) is 13.2. The van der Waals surface area contributed by atoms with Crippen molar-refractivity contribution in [1.29, 1.82) is 0 Å². The van der Waals surface area contributed by atoms with Crippen LogP contribution in [0.2, 0.25) is 0 Å². The van der Waals surface area contributed by atoms with Gasteiger partial charge in [-0.25, -0.2) is 4.39 Å². The molecule has 0 saturated heterocycles. The molecular weight excluding hydrogens is 231 g/mol. The van der Waals surface area contributed by atoms with Gasteiger partial charge in [-0.2, -0.15) is 0 Å². The molecule has 1 saturated carbocycles. The van der Waals surface area contributed by atoms with Gasteiger partial charge in [0.05, 0.1) is 18.3 Å². The van der Waals surface area contributed by atoms with Crippen molar-refractivity contribution in [3.8, 4) is 5.75 Å². The Morgan fingerprint density at radius 3 is 2.56 bits per heavy atom. The second-order valence-electron chi connectivity index (χ2n) is 5.30. The normalized spacial score (nSPS) is 20.4. The molecule has 1 aliphatic carbocycles. The molecule has 100 valence electrons. The lowest BCUT2D eigenvalue weighted by Gasteiger charge is -2.36. The van der Waals surface area contributed by atoms with E-state index in [1.807, 2.05) is 0 Å². The molecular formula is C15H21FO2. The van der Waals surface area contributed by atoms with Crippen molar-refractivity contribution >= 4 is 0 Å². The van der Waals surface area contributed by atoms with Crippen molar-refractivity contribution in [2.75, 3.05) is 7.11 Å². The van der Waals surface area contributed by atoms with Crippen molar-refractivity contribution in [3.63, 3.8) is 0 Å². The monoisotopic (exact) mass is 252 g/mol. The maximum Gasteiger partial charge on any atom is 0.133 e. The predicted molar refractivity (Wildman–Crippen MR) is 69.1 cm³/mol. The summed E-state index contributed by atoms with van der Waals surface area (Å²) in [6.07, 6.45) is 5.32. The Labute approximate surface area is 108 Å². The maximum atomic E-state index is 14.0. The highest BCUT2D eigenvalue weighted by molar-refractivity contribution is 5.39. The number of benzene rings is 1. The molecule has 1 aromatic carbocycles. The van der Waals surface area contributed by atoms with E-state index < -0.39 is 5.60 Å². The fourth-order valence-corrected chi connectivity index (χ4v) is 3.03. The van der Waals surface area contributed by atoms with Crippen molar-refractivity contribution in [3.05, 3.63) is 29.6 Å². The van der Waals surface area contributed by atoms with Crippen molar-refractivity contribution in [2.45, 2.75) is 44.6 Å². The van der Waals surface area contributed by atoms with Crippen LogP contribution in [-0.4, -0.2) is 12.2 Å². The van der Waals surface area contributed by atoms with Gasteiger partial charge >= 0.3 is 0 Å². The minimum atomic E-state index is -1.16. The van der Waals surface area contributed by atoms with Crippen LogP contribution in [0.25, 0.3) is 0 Å². The van der Waals surface area contributed by atoms with Crippen LogP contribution in [0.3, 0.4) is 0 Å². The molecule has 18 heavy (non-hydrogen) atoms. The van der Waals surface area contributed by atoms with Gasteiger partial charge in [0.1, 0.15) is 11.6 Å². The van der Waals surface area contributed by atoms with E-state index in [-0.39, 0.29) is 11.7 Å². The van der Waals surface area contributed by atoms with E-state index in [0.29, 0.717) is 11.3 Å². The van der Waals surface area contributed by atoms with E-state index in [9.17, 15) is 9.50 Å². The van der Waals surface area contributed by atoms with Gasteiger partial charge < -0.3 is 9.84 Å². The third kappa shape index (κ3) is 2.37. The Morgan fingerprint density at radius 1 is 1.28 bits per heavy atom. The summed E-state index contributed by atoms with van der Waals surface area (Å²) < 4.78 is 19.3. The fourth-order valence-electron chi connectivity index (χ4n) is 3.03. The first kappa shape index (κ1) is 13.3. The van der Waals surface area contributed by atoms with E-state index in [0.717, 1.165) is 25.7 Å². The van der Waals surface area contributed by atoms with Crippen LogP contribution >= 0.6 is 0 Å². The van der Waals surface area contributed by atoms with E-state index in [1.54, 1.807) is 19.1 Å². The molecule has 0 spiro atoms. The van der Waals surface area contributed by atoms with E-state index in [2.05, 4.69) is 0 Å². The molecule has 1 aliphatic rings. The van der Waals surface area contributed by atoms with Crippen molar-refractivity contribution in [1.82, 2.24) is 0 Å². The van der Waals surface area contributed by atoms with Crippen LogP contribution in [0.1, 0.15) is 44.6 Å². The SMILES string of the molecule is COc1cccc(F)c1C(C)(O)C1CCCCC1. The Balaban J connectivity index is 2.39. The minimum Gasteiger partial charge on any atom is -0.496 e. The number of hydrogen-bond acceptors (Lipinski definition) is 2. The van der Waals surface area contributed by atoms with Crippen LogP contribution < -0.4 is 4.74 Å². The third-order valence-corrected chi connectivity index (χ3v) is 4.10. The van der Waals surface area contributed by atoms with E-state index >= 15 is 0 Å². The number of ether oxygens (including phenoxy) is 1. The molecule has 2 nitrogen and oxygen atoms in total. The summed E-state index contributed by atoms with van der Waals surface area (Å²) in [5.74, 6) is 0.160. The van der Waals surface area contributed by atoms with Gasteiger partial charge in [-0.15, -0.1) is 0 Å². The zero-order valence-corrected chi connectivity index (χ0v) is 11.1. The topological polar surface area (TPSA) is 29.5 Å². The first-order valence-electron chi connectivity index (χ1n) is 6.62. The summed E-state index contributed by atoms with van der Waals surface area (Å²) in [7, 11) is 1.51. The van der Waals surface area contributed by atoms with E-state index in [1.165, 1.54) is 19.6 Å². The molecule has 1 N–H and O–H groups in total. The van der Waals surface area contributed by atoms with Crippen LogP contribution in [0.4, 0.5) is 4.39 Å². The first-order valence-corrected chi connectivity index (χ1v) is 6.62. The Kier molecular flexibility index (Phi) is 3.91. The number of hydrogen-bond donors (Lipinski definition) is 1. The summed E-state index contributed by atoms with van der Waals surface area (Å²) in [5.41, 5.74) is -0.851. The number of halogens is 1. The summed E-state index contributed by atoms with van der Waals surface area (Å²) in [4.78, 5) is 0. The number of methoxy groups -OCH3 is 1. The molecule has 2 rings (SSSR count). The summed E-state index contributed by atoms with van der Waals surface area (Å²) in [5, 5.41) is 10.8. The van der Waals surface area contributed by atoms with Gasteiger partial charge in [-0.3, -0.25) is 0 Å². The predicted octanol–water partition coefficient (Wildman–Crippen LogP) is 3.62. The molecule has 0 aromatic heterocycles. The standard InChI is InChI=1S/C15H21FO2/c1-15(17,11-7-4-3-5-8-11)14-12(16)9-6-10-13(14)18-2/h6,9-11,17H,3-5,7-8H2,1-2H3. The highest BCUT2D eigenvalue weighted by atomic mass is 19.1. The lowest BCUT2D eigenvalue weighted by Crippen LogP contribution is -2.34. The second kappa shape index (κ2) is 5.27. The van der Waals surface area contributed by atoms with Gasteiger partial charge in [-0.1, -0.05) is 25.3 Å². The average molecular weight is 252 g/mol. The number of rotatable bonds is 3. The molecule has 0 radical (unpaired) electrons. The summed E-state index contributed by atoms with van der Waals surface area (Å²) in [6, 6.07) is 4.69. The Morgan fingerprint density at radius 2 is 1.94 bits per heavy atom. The lowest BCUT2D eigenvalue weighted by atomic mass is 9.74. The van der Waals surface area contributed by atoms with Gasteiger partial charge in [-0.05, 0) is 37.8 Å². The van der Waals surface area contributed by atoms with Crippen LogP contribution in [0, 0.1) is 11.7 Å². The fraction of sp³-hybridized carbons (Fsp3) is 0.600. The first-order chi connectivity index (χ1) is 8.57. The van der Waals surface area contributed by atoms with Gasteiger partial charge in [0.15, 0.2) is 0 Å². The molecule has 0 heterocycles. The van der Waals surface area contributed by atoms with Crippen molar-refractivity contribution in [2.24, 2.45) is 5.92 Å². The Hall–Kier alpha value is -1.09. The molecule has 1 unspecified atom stereocenters. The highest BCUT2D eigenvalue weighted by Gasteiger charge is 2.38. The van der Waals surface area contributed by atoms with Crippen LogP contribution in [0.15, 0.2) is 18.2 Å². The largest absolute Gasteiger partial charge is 0.496 e. The van der Waals surface area contributed by atoms with Crippen LogP contribution in [-0.2, 0) is 5.60 Å². The highest BCUT2D eigenvalue weighted by Crippen LogP contribution is 2.43. The number of aliphatic hydroxyl groups is 1. The molecule has 3 heteroatoms. The summed E-state index contributed by atoms with van der Waals surface area (Å²) >= 11 is 0. The molecule has 0 aliphatic heterocycles. The second-order valence-corrected chi connectivity index (χ2v) is 5.30. The smallest absolute Gasteiger partial charge is 0.133 e. The van der Waals surface area contributed by atoms with Crippen LogP contribution in [0.5, 0.6) is 5.75 Å². The zero-order valence-electron chi connectivity index (χ0n) is 11.1. The van der Waals surface area contributed by atoms with Gasteiger partial charge in [0, 0.05) is 0 Å². The minimum absolute atomic E-state index is 0.108. The van der Waals surface area contributed by atoms with E-state index in [4.69, 9.17) is 4.74 Å². The molecule has 1 atom stereocenters. The van der Waals surface area contributed by atoms with Crippen molar-refractivity contribution < 1.29 is 14.2 Å².